The van der Waals surface area contributed by atoms with Crippen LogP contribution in [0, 0.1) is 0 Å². The van der Waals surface area contributed by atoms with Crippen LogP contribution in [-0.2, 0) is 52.5 Å². The first kappa shape index (κ1) is 56.1. The Morgan fingerprint density at radius 3 is 1.37 bits per heavy atom. The molecule has 0 unspecified atom stereocenters. The monoisotopic (exact) mass is 862 g/mol. The topological polar surface area (TPSA) is 282 Å². The molecular weight excluding hydrogens is 786 g/mol. The van der Waals surface area contributed by atoms with E-state index in [1.165, 1.54) is 43.4 Å². The Bertz CT molecular complexity index is 1180. The summed E-state index contributed by atoms with van der Waals surface area (Å²) >= 11 is 0. The minimum Gasteiger partial charge on any atom is -0.481 e. The van der Waals surface area contributed by atoms with E-state index in [0.717, 1.165) is 44.9 Å². The number of unbranched alkanes of at least 4 members (excludes halogenated alkanes) is 14. The lowest BCUT2D eigenvalue weighted by Crippen LogP contribution is -2.39. The number of hydrogen-bond donors (Lipinski definition) is 7. The van der Waals surface area contributed by atoms with Crippen LogP contribution < -0.4 is 21.7 Å². The lowest BCUT2D eigenvalue weighted by molar-refractivity contribution is -0.145. The number of nitrogens with zero attached hydrogens (tertiary/aromatic N) is 1. The van der Waals surface area contributed by atoms with E-state index in [-0.39, 0.29) is 115 Å². The molecule has 0 bridgehead atoms. The Morgan fingerprint density at radius 2 is 0.900 bits per heavy atom. The highest BCUT2D eigenvalue weighted by Crippen LogP contribution is 2.14. The molecule has 0 rings (SSSR count). The van der Waals surface area contributed by atoms with Gasteiger partial charge < -0.3 is 60.9 Å². The van der Waals surface area contributed by atoms with Gasteiger partial charge in [0, 0.05) is 45.4 Å². The van der Waals surface area contributed by atoms with E-state index < -0.39 is 30.5 Å². The van der Waals surface area contributed by atoms with Crippen molar-refractivity contribution >= 4 is 41.5 Å². The molecule has 0 aliphatic rings. The van der Waals surface area contributed by atoms with Crippen molar-refractivity contribution in [2.75, 3.05) is 85.6 Å². The second kappa shape index (κ2) is 40.5. The average molecular weight is 862 g/mol. The van der Waals surface area contributed by atoms with E-state index in [9.17, 15) is 38.7 Å². The lowest BCUT2D eigenvalue weighted by Gasteiger charge is -2.20. The summed E-state index contributed by atoms with van der Waals surface area (Å²) in [5.74, 6) is -4.11. The van der Waals surface area contributed by atoms with Crippen molar-refractivity contribution in [3.63, 3.8) is 0 Å². The van der Waals surface area contributed by atoms with Crippen LogP contribution in [-0.4, -0.2) is 153 Å². The van der Waals surface area contributed by atoms with Crippen molar-refractivity contribution in [3.8, 4) is 0 Å². The number of carbonyl (C=O) groups excluding carboxylic acids is 4. The van der Waals surface area contributed by atoms with Crippen LogP contribution in [0.1, 0.15) is 128 Å². The van der Waals surface area contributed by atoms with Gasteiger partial charge in [0.25, 0.3) is 0 Å². The first-order chi connectivity index (χ1) is 28.9. The molecule has 0 aliphatic carbocycles. The Hall–Kier alpha value is -3.91. The maximum absolute atomic E-state index is 12.7. The van der Waals surface area contributed by atoms with Crippen LogP contribution >= 0.6 is 0 Å². The molecule has 0 saturated carbocycles. The largest absolute Gasteiger partial charge is 0.481 e. The van der Waals surface area contributed by atoms with Gasteiger partial charge in [-0.2, -0.15) is 0 Å². The fraction of sp³-hybridized carbons (Fsp3) is 0.829. The van der Waals surface area contributed by atoms with Crippen LogP contribution in [0.25, 0.3) is 0 Å². The number of carboxylic acid groups (broad SMARTS) is 3. The maximum atomic E-state index is 12.7. The zero-order valence-corrected chi connectivity index (χ0v) is 35.8. The van der Waals surface area contributed by atoms with Gasteiger partial charge in [-0.25, -0.2) is 0 Å². The Balaban J connectivity index is 3.72. The number of carbonyl (C=O) groups is 7. The summed E-state index contributed by atoms with van der Waals surface area (Å²) in [6, 6.07) is -0.896. The summed E-state index contributed by atoms with van der Waals surface area (Å²) in [5, 5.41) is 34.6. The normalized spacial score (nSPS) is 11.5. The first-order valence-electron chi connectivity index (χ1n) is 21.7. The number of ether oxygens (including phenoxy) is 4. The van der Waals surface area contributed by atoms with Crippen molar-refractivity contribution < 1.29 is 67.8 Å². The number of carboxylic acids is 3. The van der Waals surface area contributed by atoms with Crippen molar-refractivity contribution in [2.24, 2.45) is 5.73 Å². The molecule has 0 spiro atoms. The predicted molar refractivity (Wildman–Crippen MR) is 222 cm³/mol. The zero-order chi connectivity index (χ0) is 44.5. The number of rotatable bonds is 44. The second-order valence-corrected chi connectivity index (χ2v) is 14.6. The van der Waals surface area contributed by atoms with Crippen LogP contribution in [0.4, 0.5) is 0 Å². The molecule has 0 saturated heterocycles. The third kappa shape index (κ3) is 39.5. The molecule has 19 heteroatoms. The third-order valence-electron chi connectivity index (χ3n) is 9.25. The molecule has 8 N–H and O–H groups in total. The summed E-state index contributed by atoms with van der Waals surface area (Å²) in [5.41, 5.74) is 5.42. The molecule has 0 heterocycles. The van der Waals surface area contributed by atoms with E-state index in [4.69, 9.17) is 34.9 Å². The fourth-order valence-corrected chi connectivity index (χ4v) is 5.85. The third-order valence-corrected chi connectivity index (χ3v) is 9.25. The van der Waals surface area contributed by atoms with E-state index in [2.05, 4.69) is 16.0 Å². The molecule has 0 aromatic carbocycles. The van der Waals surface area contributed by atoms with E-state index in [0.29, 0.717) is 32.2 Å². The fourth-order valence-electron chi connectivity index (χ4n) is 5.85. The number of nitrogens with two attached hydrogens (primary N) is 1. The summed E-state index contributed by atoms with van der Waals surface area (Å²) < 4.78 is 21.3. The van der Waals surface area contributed by atoms with Gasteiger partial charge in [-0.15, -0.1) is 0 Å². The lowest BCUT2D eigenvalue weighted by atomic mass is 10.0. The summed E-state index contributed by atoms with van der Waals surface area (Å²) in [7, 11) is 0. The van der Waals surface area contributed by atoms with E-state index >= 15 is 0 Å². The van der Waals surface area contributed by atoms with Gasteiger partial charge in [0.05, 0.1) is 39.6 Å². The number of amides is 4. The SMILES string of the molecule is N[C@@H](CCCCNC(=O)COCCOCCNC(=O)COCCOCCNC(=O)CCN(CC(=O)O)C(=O)CCCCCCCCCCCCCCCCC(=O)O)C(=O)O. The molecule has 0 radical (unpaired) electrons. The van der Waals surface area contributed by atoms with Gasteiger partial charge in [-0.05, 0) is 32.1 Å². The molecule has 4 amide bonds. The van der Waals surface area contributed by atoms with Crippen LogP contribution in [0.3, 0.4) is 0 Å². The van der Waals surface area contributed by atoms with Crippen molar-refractivity contribution in [1.82, 2.24) is 20.9 Å². The summed E-state index contributed by atoms with van der Waals surface area (Å²) in [6.45, 7) is 1.39. The summed E-state index contributed by atoms with van der Waals surface area (Å²) in [4.78, 5) is 82.3. The molecule has 60 heavy (non-hydrogen) atoms. The highest BCUT2D eigenvalue weighted by molar-refractivity contribution is 5.82. The van der Waals surface area contributed by atoms with Gasteiger partial charge in [0.2, 0.25) is 23.6 Å². The smallest absolute Gasteiger partial charge is 0.323 e. The molecule has 348 valence electrons. The highest BCUT2D eigenvalue weighted by atomic mass is 16.5. The quantitative estimate of drug-likeness (QED) is 0.0434. The van der Waals surface area contributed by atoms with Gasteiger partial charge >= 0.3 is 17.9 Å². The average Bonchev–Trinajstić information content (AvgIpc) is 3.20. The van der Waals surface area contributed by atoms with Gasteiger partial charge in [-0.3, -0.25) is 33.6 Å². The van der Waals surface area contributed by atoms with Gasteiger partial charge in [0.15, 0.2) is 0 Å². The van der Waals surface area contributed by atoms with E-state index in [1.807, 2.05) is 0 Å². The maximum Gasteiger partial charge on any atom is 0.323 e. The molecule has 0 aliphatic heterocycles. The molecular formula is C41H75N5O14. The Labute approximate surface area is 355 Å². The van der Waals surface area contributed by atoms with Crippen molar-refractivity contribution in [3.05, 3.63) is 0 Å². The van der Waals surface area contributed by atoms with E-state index in [1.54, 1.807) is 0 Å². The Morgan fingerprint density at radius 1 is 0.467 bits per heavy atom. The van der Waals surface area contributed by atoms with Crippen molar-refractivity contribution in [1.29, 1.82) is 0 Å². The van der Waals surface area contributed by atoms with Crippen LogP contribution in [0.15, 0.2) is 0 Å². The Kier molecular flexibility index (Phi) is 37.9. The first-order valence-corrected chi connectivity index (χ1v) is 21.7. The molecule has 0 fully saturated rings. The van der Waals surface area contributed by atoms with Gasteiger partial charge in [-0.1, -0.05) is 77.0 Å². The van der Waals surface area contributed by atoms with Crippen LogP contribution in [0.5, 0.6) is 0 Å². The van der Waals surface area contributed by atoms with Crippen molar-refractivity contribution in [2.45, 2.75) is 134 Å². The molecule has 0 aromatic rings. The zero-order valence-electron chi connectivity index (χ0n) is 35.8. The molecule has 1 atom stereocenters. The molecule has 0 aromatic heterocycles. The number of nitrogens with one attached hydrogen (secondary N) is 3. The number of hydrogen-bond acceptors (Lipinski definition) is 12. The second-order valence-electron chi connectivity index (χ2n) is 14.6. The number of aliphatic carboxylic acids is 3. The minimum absolute atomic E-state index is 0.0118. The minimum atomic E-state index is -1.13. The van der Waals surface area contributed by atoms with Crippen LogP contribution in [0.2, 0.25) is 0 Å². The van der Waals surface area contributed by atoms with Gasteiger partial charge in [0.1, 0.15) is 25.8 Å². The standard InChI is InChI=1S/C41H75N5O14/c42-34(41(55)56)17-15-16-21-43-36(48)32-59-29-28-58-26-23-45-37(49)33-60-30-27-57-25-22-44-35(47)20-24-46(31-40(53)54)38(50)18-13-11-9-7-5-3-1-2-4-6-8-10-12-14-19-39(51)52/h34H,1-33,42H2,(H,43,48)(H,44,47)(H,45,49)(H,51,52)(H,53,54)(H,55,56)/t34-/m0/s1. The molecule has 19 nitrogen and oxygen atoms in total. The summed E-state index contributed by atoms with van der Waals surface area (Å²) in [6.07, 6.45) is 17.0. The highest BCUT2D eigenvalue weighted by Gasteiger charge is 2.18. The predicted octanol–water partition coefficient (Wildman–Crippen LogP) is 2.61.